The molecule has 124 valence electrons. The lowest BCUT2D eigenvalue weighted by Crippen LogP contribution is -2.14. The minimum Gasteiger partial charge on any atom is -0.342 e. The Morgan fingerprint density at radius 1 is 0.652 bits per heavy atom. The minimum atomic E-state index is -0.442. The Labute approximate surface area is 142 Å². The quantitative estimate of drug-likeness (QED) is 0.399. The molecule has 0 heterocycles. The third-order valence-electron chi connectivity index (χ3n) is 2.67. The van der Waals surface area contributed by atoms with E-state index in [1.807, 2.05) is 13.8 Å². The first kappa shape index (κ1) is 21.2. The second-order valence-electron chi connectivity index (χ2n) is 4.61. The van der Waals surface area contributed by atoms with Crippen molar-refractivity contribution < 1.29 is 9.47 Å². The van der Waals surface area contributed by atoms with Crippen molar-refractivity contribution in [2.75, 3.05) is 13.2 Å². The van der Waals surface area contributed by atoms with E-state index in [0.717, 1.165) is 6.42 Å². The molecule has 0 aliphatic carbocycles. The van der Waals surface area contributed by atoms with Gasteiger partial charge in [0, 0.05) is 19.6 Å². The second kappa shape index (κ2) is 18.2. The van der Waals surface area contributed by atoms with Crippen LogP contribution < -0.4 is 0 Å². The predicted octanol–water partition coefficient (Wildman–Crippen LogP) is 4.15. The number of hydrogen-bond acceptors (Lipinski definition) is 2. The van der Waals surface area contributed by atoms with Crippen LogP contribution in [0.15, 0.2) is 0 Å². The maximum atomic E-state index is 5.32. The van der Waals surface area contributed by atoms with Crippen molar-refractivity contribution in [2.45, 2.75) is 72.0 Å². The number of unbranched alkanes of at least 4 members (excludes halogenated alkanes) is 3. The van der Waals surface area contributed by atoms with Crippen LogP contribution in [-0.2, 0) is 9.47 Å². The second-order valence-corrected chi connectivity index (χ2v) is 4.61. The average molecular weight is 312 g/mol. The maximum Gasteiger partial charge on any atom is 0.222 e. The number of rotatable bonds is 7. The molecule has 0 unspecified atom stereocenters. The van der Waals surface area contributed by atoms with Crippen molar-refractivity contribution in [3.63, 3.8) is 0 Å². The first-order valence-electron chi connectivity index (χ1n) is 8.43. The molecule has 0 radical (unpaired) electrons. The van der Waals surface area contributed by atoms with Crippen molar-refractivity contribution in [1.29, 1.82) is 0 Å². The Balaban J connectivity index is 3.83. The molecule has 0 aromatic heterocycles. The molecule has 0 aliphatic heterocycles. The van der Waals surface area contributed by atoms with E-state index in [9.17, 15) is 0 Å². The average Bonchev–Trinajstić information content (AvgIpc) is 2.55. The van der Waals surface area contributed by atoms with E-state index in [-0.39, 0.29) is 0 Å². The molecule has 0 aromatic rings. The van der Waals surface area contributed by atoms with Gasteiger partial charge < -0.3 is 9.47 Å². The van der Waals surface area contributed by atoms with Gasteiger partial charge >= 0.3 is 0 Å². The van der Waals surface area contributed by atoms with Gasteiger partial charge in [-0.05, 0) is 26.2 Å². The number of ether oxygens (including phenoxy) is 2. The van der Waals surface area contributed by atoms with Gasteiger partial charge in [0.2, 0.25) is 6.29 Å². The van der Waals surface area contributed by atoms with Gasteiger partial charge in [-0.15, -0.1) is 5.92 Å². The Hall–Kier alpha value is -1.84. The highest BCUT2D eigenvalue weighted by molar-refractivity contribution is 5.18. The monoisotopic (exact) mass is 312 g/mol. The molecule has 23 heavy (non-hydrogen) atoms. The Kier molecular flexibility index (Phi) is 16.8. The van der Waals surface area contributed by atoms with Crippen molar-refractivity contribution in [3.8, 4) is 47.4 Å². The molecular formula is C21H28O2. The molecule has 2 heteroatoms. The third kappa shape index (κ3) is 16.4. The lowest BCUT2D eigenvalue weighted by molar-refractivity contribution is -0.0970. The first-order valence-corrected chi connectivity index (χ1v) is 8.43. The van der Waals surface area contributed by atoms with Crippen LogP contribution in [0.3, 0.4) is 0 Å². The summed E-state index contributed by atoms with van der Waals surface area (Å²) < 4.78 is 10.6. The highest BCUT2D eigenvalue weighted by atomic mass is 16.7. The zero-order valence-corrected chi connectivity index (χ0v) is 14.8. The van der Waals surface area contributed by atoms with E-state index in [1.54, 1.807) is 0 Å². The zero-order chi connectivity index (χ0) is 17.0. The van der Waals surface area contributed by atoms with Crippen LogP contribution in [0.2, 0.25) is 0 Å². The molecule has 0 N–H and O–H groups in total. The largest absolute Gasteiger partial charge is 0.342 e. The van der Waals surface area contributed by atoms with E-state index < -0.39 is 6.29 Å². The summed E-state index contributed by atoms with van der Waals surface area (Å²) in [6.45, 7) is 7.20. The van der Waals surface area contributed by atoms with Crippen molar-refractivity contribution in [1.82, 2.24) is 0 Å². The summed E-state index contributed by atoms with van der Waals surface area (Å²) in [5, 5.41) is 0. The van der Waals surface area contributed by atoms with Crippen LogP contribution >= 0.6 is 0 Å². The normalized spacial score (nSPS) is 8.70. The fraction of sp³-hybridized carbons (Fsp3) is 0.619. The molecule has 0 amide bonds. The third-order valence-corrected chi connectivity index (χ3v) is 2.67. The van der Waals surface area contributed by atoms with E-state index in [2.05, 4.69) is 54.3 Å². The van der Waals surface area contributed by atoms with Gasteiger partial charge in [-0.3, -0.25) is 0 Å². The van der Waals surface area contributed by atoms with Crippen LogP contribution in [-0.4, -0.2) is 19.5 Å². The molecule has 0 saturated carbocycles. The van der Waals surface area contributed by atoms with E-state index in [0.29, 0.717) is 32.5 Å². The summed E-state index contributed by atoms with van der Waals surface area (Å²) in [5.74, 6) is 24.0. The standard InChI is InChI=1S/C21H28O2/c1-4-7-8-9-10-11-12-13-14-15-16-17-18-19-20-21(22-5-2)23-6-3/h21H,4-9,12,15,18H2,1-3H3. The summed E-state index contributed by atoms with van der Waals surface area (Å²) in [7, 11) is 0. The van der Waals surface area contributed by atoms with Crippen molar-refractivity contribution in [2.24, 2.45) is 0 Å². The molecule has 0 bridgehead atoms. The summed E-state index contributed by atoms with van der Waals surface area (Å²) in [6.07, 6.45) is 5.95. The van der Waals surface area contributed by atoms with Gasteiger partial charge in [-0.1, -0.05) is 55.3 Å². The van der Waals surface area contributed by atoms with Gasteiger partial charge in [0.25, 0.3) is 0 Å². The van der Waals surface area contributed by atoms with Crippen LogP contribution in [0.25, 0.3) is 0 Å². The molecule has 0 rings (SSSR count). The van der Waals surface area contributed by atoms with E-state index >= 15 is 0 Å². The van der Waals surface area contributed by atoms with E-state index in [4.69, 9.17) is 9.47 Å². The molecule has 0 atom stereocenters. The van der Waals surface area contributed by atoms with Crippen LogP contribution in [0.4, 0.5) is 0 Å². The molecule has 0 fully saturated rings. The molecule has 2 nitrogen and oxygen atoms in total. The predicted molar refractivity (Wildman–Crippen MR) is 96.1 cm³/mol. The molecule has 0 aliphatic rings. The molecule has 0 aromatic carbocycles. The van der Waals surface area contributed by atoms with Gasteiger partial charge in [-0.25, -0.2) is 0 Å². The van der Waals surface area contributed by atoms with Crippen molar-refractivity contribution in [3.05, 3.63) is 0 Å². The lowest BCUT2D eigenvalue weighted by atomic mass is 10.2. The SMILES string of the molecule is CCCCCC#CCC#CCC#CCC#CC(OCC)OCC. The Bertz CT molecular complexity index is 511. The molecule has 0 saturated heterocycles. The van der Waals surface area contributed by atoms with Gasteiger partial charge in [0.1, 0.15) is 0 Å². The maximum absolute atomic E-state index is 5.32. The number of hydrogen-bond donors (Lipinski definition) is 0. The fourth-order valence-corrected chi connectivity index (χ4v) is 1.57. The highest BCUT2D eigenvalue weighted by Gasteiger charge is 2.00. The van der Waals surface area contributed by atoms with Gasteiger partial charge in [-0.2, -0.15) is 0 Å². The van der Waals surface area contributed by atoms with Crippen LogP contribution in [0.5, 0.6) is 0 Å². The van der Waals surface area contributed by atoms with Crippen molar-refractivity contribution >= 4 is 0 Å². The molecule has 0 spiro atoms. The Morgan fingerprint density at radius 2 is 1.17 bits per heavy atom. The fourth-order valence-electron chi connectivity index (χ4n) is 1.57. The van der Waals surface area contributed by atoms with Crippen LogP contribution in [0.1, 0.15) is 65.7 Å². The zero-order valence-electron chi connectivity index (χ0n) is 14.8. The summed E-state index contributed by atoms with van der Waals surface area (Å²) >= 11 is 0. The first-order chi connectivity index (χ1) is 11.3. The smallest absolute Gasteiger partial charge is 0.222 e. The summed E-state index contributed by atoms with van der Waals surface area (Å²) in [4.78, 5) is 0. The summed E-state index contributed by atoms with van der Waals surface area (Å²) in [6, 6.07) is 0. The minimum absolute atomic E-state index is 0.442. The van der Waals surface area contributed by atoms with Gasteiger partial charge in [0.15, 0.2) is 0 Å². The Morgan fingerprint density at radius 3 is 1.70 bits per heavy atom. The summed E-state index contributed by atoms with van der Waals surface area (Å²) in [5.41, 5.74) is 0. The topological polar surface area (TPSA) is 18.5 Å². The lowest BCUT2D eigenvalue weighted by Gasteiger charge is -2.09. The van der Waals surface area contributed by atoms with Crippen LogP contribution in [0, 0.1) is 47.4 Å². The highest BCUT2D eigenvalue weighted by Crippen LogP contribution is 1.96. The van der Waals surface area contributed by atoms with E-state index in [1.165, 1.54) is 19.3 Å². The van der Waals surface area contributed by atoms with Gasteiger partial charge in [0.05, 0.1) is 19.3 Å². The molecular weight excluding hydrogens is 284 g/mol.